The number of carbonyl (C=O) groups is 2. The first-order valence-electron chi connectivity index (χ1n) is 7.78. The Hall–Kier alpha value is -2.63. The number of amides is 2. The number of hydrogen-bond acceptors (Lipinski definition) is 4. The summed E-state index contributed by atoms with van der Waals surface area (Å²) in [4.78, 5) is 26.0. The second-order valence-electron chi connectivity index (χ2n) is 6.10. The molecule has 1 saturated heterocycles. The van der Waals surface area contributed by atoms with Crippen LogP contribution in [0.5, 0.6) is 0 Å². The van der Waals surface area contributed by atoms with Crippen LogP contribution in [0.1, 0.15) is 18.5 Å². The minimum Gasteiger partial charge on any atom is -0.356 e. The third-order valence-electron chi connectivity index (χ3n) is 4.54. The van der Waals surface area contributed by atoms with Gasteiger partial charge in [-0.2, -0.15) is 0 Å². The maximum atomic E-state index is 12.8. The van der Waals surface area contributed by atoms with Gasteiger partial charge in [-0.1, -0.05) is 35.5 Å². The Morgan fingerprint density at radius 1 is 1.26 bits per heavy atom. The quantitative estimate of drug-likeness (QED) is 0.928. The van der Waals surface area contributed by atoms with Crippen LogP contribution in [0.3, 0.4) is 0 Å². The molecular formula is C17H17N3O3. The van der Waals surface area contributed by atoms with Gasteiger partial charge in [-0.05, 0) is 12.8 Å². The van der Waals surface area contributed by atoms with Gasteiger partial charge in [0.15, 0.2) is 5.76 Å². The smallest absolute Gasteiger partial charge is 0.239 e. The second-order valence-corrected chi connectivity index (χ2v) is 6.10. The Morgan fingerprint density at radius 2 is 2.04 bits per heavy atom. The van der Waals surface area contributed by atoms with Crippen LogP contribution < -0.4 is 5.32 Å². The fraction of sp³-hybridized carbons (Fsp3) is 0.353. The lowest BCUT2D eigenvalue weighted by Crippen LogP contribution is -2.52. The fourth-order valence-electron chi connectivity index (χ4n) is 3.06. The van der Waals surface area contributed by atoms with Crippen molar-refractivity contribution in [2.24, 2.45) is 0 Å². The number of carbonyl (C=O) groups excluding carboxylic acids is 2. The van der Waals surface area contributed by atoms with Crippen LogP contribution in [0.15, 0.2) is 40.9 Å². The molecule has 1 aliphatic carbocycles. The zero-order valence-electron chi connectivity index (χ0n) is 12.6. The van der Waals surface area contributed by atoms with Gasteiger partial charge in [0, 0.05) is 24.7 Å². The van der Waals surface area contributed by atoms with Crippen molar-refractivity contribution < 1.29 is 14.1 Å². The first-order valence-corrected chi connectivity index (χ1v) is 7.78. The summed E-state index contributed by atoms with van der Waals surface area (Å²) in [5.74, 6) is 0.543. The van der Waals surface area contributed by atoms with E-state index in [2.05, 4.69) is 10.5 Å². The molecule has 6 nitrogen and oxygen atoms in total. The van der Waals surface area contributed by atoms with Crippen LogP contribution in [-0.2, 0) is 15.0 Å². The van der Waals surface area contributed by atoms with E-state index in [0.717, 1.165) is 18.4 Å². The van der Waals surface area contributed by atoms with Gasteiger partial charge < -0.3 is 14.7 Å². The summed E-state index contributed by atoms with van der Waals surface area (Å²) < 4.78 is 5.44. The van der Waals surface area contributed by atoms with Crippen LogP contribution in [-0.4, -0.2) is 41.5 Å². The Bertz CT molecular complexity index is 749. The molecule has 1 saturated carbocycles. The number of benzene rings is 1. The minimum absolute atomic E-state index is 0.0136. The predicted molar refractivity (Wildman–Crippen MR) is 82.4 cm³/mol. The van der Waals surface area contributed by atoms with Crippen LogP contribution >= 0.6 is 0 Å². The maximum absolute atomic E-state index is 12.8. The van der Waals surface area contributed by atoms with Gasteiger partial charge >= 0.3 is 0 Å². The van der Waals surface area contributed by atoms with E-state index in [9.17, 15) is 9.59 Å². The van der Waals surface area contributed by atoms with E-state index in [0.29, 0.717) is 24.5 Å². The Morgan fingerprint density at radius 3 is 2.74 bits per heavy atom. The third-order valence-corrected chi connectivity index (χ3v) is 4.54. The van der Waals surface area contributed by atoms with E-state index < -0.39 is 5.41 Å². The highest BCUT2D eigenvalue weighted by molar-refractivity contribution is 5.94. The molecule has 0 atom stereocenters. The van der Waals surface area contributed by atoms with Crippen molar-refractivity contribution in [1.29, 1.82) is 0 Å². The first-order chi connectivity index (χ1) is 11.2. The highest BCUT2D eigenvalue weighted by Gasteiger charge is 2.55. The summed E-state index contributed by atoms with van der Waals surface area (Å²) in [7, 11) is 0. The molecule has 2 aliphatic rings. The van der Waals surface area contributed by atoms with Crippen molar-refractivity contribution in [3.05, 3.63) is 42.1 Å². The number of hydrogen-bond donors (Lipinski definition) is 1. The molecule has 2 fully saturated rings. The van der Waals surface area contributed by atoms with E-state index in [4.69, 9.17) is 4.52 Å². The van der Waals surface area contributed by atoms with E-state index in [1.807, 2.05) is 36.4 Å². The first kappa shape index (κ1) is 14.0. The van der Waals surface area contributed by atoms with Crippen LogP contribution in [0.2, 0.25) is 0 Å². The zero-order valence-corrected chi connectivity index (χ0v) is 12.6. The van der Waals surface area contributed by atoms with Crippen molar-refractivity contribution in [2.45, 2.75) is 18.3 Å². The Labute approximate surface area is 133 Å². The normalized spacial score (nSPS) is 19.3. The molecular weight excluding hydrogens is 294 g/mol. The molecule has 1 aromatic heterocycles. The van der Waals surface area contributed by atoms with Crippen molar-refractivity contribution in [3.63, 3.8) is 0 Å². The minimum atomic E-state index is -0.603. The molecule has 1 aliphatic heterocycles. The summed E-state index contributed by atoms with van der Waals surface area (Å²) in [5.41, 5.74) is 1.01. The van der Waals surface area contributed by atoms with Gasteiger partial charge in [-0.3, -0.25) is 9.59 Å². The van der Waals surface area contributed by atoms with Crippen molar-refractivity contribution >= 4 is 11.8 Å². The van der Waals surface area contributed by atoms with Gasteiger partial charge in [0.05, 0.1) is 17.7 Å². The number of piperazine rings is 1. The van der Waals surface area contributed by atoms with Gasteiger partial charge in [0.25, 0.3) is 0 Å². The maximum Gasteiger partial charge on any atom is 0.239 e. The molecule has 6 heteroatoms. The molecule has 0 radical (unpaired) electrons. The molecule has 0 unspecified atom stereocenters. The summed E-state index contributed by atoms with van der Waals surface area (Å²) in [6.45, 7) is 1.19. The summed E-state index contributed by atoms with van der Waals surface area (Å²) >= 11 is 0. The van der Waals surface area contributed by atoms with Crippen LogP contribution in [0.4, 0.5) is 0 Å². The number of rotatable bonds is 3. The van der Waals surface area contributed by atoms with E-state index in [-0.39, 0.29) is 18.4 Å². The largest absolute Gasteiger partial charge is 0.356 e. The predicted octanol–water partition coefficient (Wildman–Crippen LogP) is 1.33. The lowest BCUT2D eigenvalue weighted by Gasteiger charge is -2.29. The molecule has 1 aromatic carbocycles. The second kappa shape index (κ2) is 5.22. The molecule has 1 N–H and O–H groups in total. The molecule has 118 valence electrons. The molecule has 2 heterocycles. The van der Waals surface area contributed by atoms with Gasteiger partial charge in [0.1, 0.15) is 0 Å². The monoisotopic (exact) mass is 311 g/mol. The molecule has 2 amide bonds. The molecule has 4 rings (SSSR count). The Kier molecular flexibility index (Phi) is 3.18. The van der Waals surface area contributed by atoms with Crippen molar-refractivity contribution in [2.75, 3.05) is 19.6 Å². The average molecular weight is 311 g/mol. The van der Waals surface area contributed by atoms with Gasteiger partial charge in [-0.15, -0.1) is 0 Å². The van der Waals surface area contributed by atoms with Gasteiger partial charge in [0.2, 0.25) is 11.8 Å². The highest BCUT2D eigenvalue weighted by atomic mass is 16.5. The number of nitrogens with zero attached hydrogens (tertiary/aromatic N) is 2. The van der Waals surface area contributed by atoms with Gasteiger partial charge in [-0.25, -0.2) is 0 Å². The lowest BCUT2D eigenvalue weighted by atomic mass is 9.99. The van der Waals surface area contributed by atoms with Crippen LogP contribution in [0, 0.1) is 0 Å². The van der Waals surface area contributed by atoms with Crippen LogP contribution in [0.25, 0.3) is 11.3 Å². The van der Waals surface area contributed by atoms with E-state index in [1.165, 1.54) is 0 Å². The average Bonchev–Trinajstić information content (AvgIpc) is 3.24. The lowest BCUT2D eigenvalue weighted by molar-refractivity contribution is -0.140. The molecule has 23 heavy (non-hydrogen) atoms. The fourth-order valence-corrected chi connectivity index (χ4v) is 3.06. The SMILES string of the molecule is O=C1CN(C(=O)C2(c3cc(-c4ccccc4)on3)CC2)CCN1. The molecule has 0 spiro atoms. The highest BCUT2D eigenvalue weighted by Crippen LogP contribution is 2.49. The summed E-state index contributed by atoms with van der Waals surface area (Å²) in [5, 5.41) is 6.88. The molecule has 0 bridgehead atoms. The van der Waals surface area contributed by atoms with Crippen molar-refractivity contribution in [3.8, 4) is 11.3 Å². The van der Waals surface area contributed by atoms with Crippen molar-refractivity contribution in [1.82, 2.24) is 15.4 Å². The number of nitrogens with one attached hydrogen (secondary N) is 1. The topological polar surface area (TPSA) is 75.4 Å². The van der Waals surface area contributed by atoms with E-state index in [1.54, 1.807) is 4.90 Å². The summed E-state index contributed by atoms with van der Waals surface area (Å²) in [6.07, 6.45) is 1.51. The standard InChI is InChI=1S/C17H17N3O3/c21-15-11-20(9-8-18-15)16(22)17(6-7-17)14-10-13(23-19-14)12-4-2-1-3-5-12/h1-5,10H,6-9,11H2,(H,18,21). The Balaban J connectivity index is 1.59. The summed E-state index contributed by atoms with van der Waals surface area (Å²) in [6, 6.07) is 11.5. The molecule has 2 aromatic rings. The zero-order chi connectivity index (χ0) is 15.9. The third kappa shape index (κ3) is 2.40. The van der Waals surface area contributed by atoms with E-state index >= 15 is 0 Å². The number of aromatic nitrogens is 1.